The van der Waals surface area contributed by atoms with E-state index in [0.717, 1.165) is 60.2 Å². The summed E-state index contributed by atoms with van der Waals surface area (Å²) in [6.07, 6.45) is 16.5. The predicted octanol–water partition coefficient (Wildman–Crippen LogP) is 8.10. The Hall–Kier alpha value is -0.0400. The van der Waals surface area contributed by atoms with Gasteiger partial charge in [0.2, 0.25) is 0 Å². The summed E-state index contributed by atoms with van der Waals surface area (Å²) in [5, 5.41) is 10.3. The molecule has 0 radical (unpaired) electrons. The molecule has 0 bridgehead atoms. The van der Waals surface area contributed by atoms with Crippen LogP contribution in [-0.4, -0.2) is 11.2 Å². The maximum absolute atomic E-state index is 10.3. The Balaban J connectivity index is 1.45. The van der Waals surface area contributed by atoms with Crippen LogP contribution in [0.25, 0.3) is 0 Å². The van der Waals surface area contributed by atoms with Crippen molar-refractivity contribution in [1.29, 1.82) is 0 Å². The Morgan fingerprint density at radius 1 is 0.833 bits per heavy atom. The number of fused-ring (bicyclic) bond motifs is 5. The van der Waals surface area contributed by atoms with E-state index in [1.54, 1.807) is 0 Å². The van der Waals surface area contributed by atoms with Gasteiger partial charge >= 0.3 is 0 Å². The lowest BCUT2D eigenvalue weighted by molar-refractivity contribution is -0.129. The zero-order valence-electron chi connectivity index (χ0n) is 21.1. The van der Waals surface area contributed by atoms with E-state index in [4.69, 9.17) is 0 Å². The van der Waals surface area contributed by atoms with Crippen molar-refractivity contribution in [3.05, 3.63) is 0 Å². The van der Waals surface area contributed by atoms with Crippen molar-refractivity contribution in [2.45, 2.75) is 125 Å². The molecule has 1 nitrogen and oxygen atoms in total. The second kappa shape index (κ2) is 8.72. The predicted molar refractivity (Wildman–Crippen MR) is 128 cm³/mol. The molecule has 0 aromatic carbocycles. The van der Waals surface area contributed by atoms with Gasteiger partial charge in [-0.05, 0) is 122 Å². The Bertz CT molecular complexity index is 583. The summed E-state index contributed by atoms with van der Waals surface area (Å²) < 4.78 is 0. The minimum absolute atomic E-state index is 0.0111. The fourth-order valence-electron chi connectivity index (χ4n) is 9.90. The molecule has 4 aliphatic rings. The molecule has 0 heterocycles. The average Bonchev–Trinajstić information content (AvgIpc) is 3.06. The second-order valence-corrected chi connectivity index (χ2v) is 13.3. The largest absolute Gasteiger partial charge is 0.393 e. The lowest BCUT2D eigenvalue weighted by Gasteiger charge is -2.61. The van der Waals surface area contributed by atoms with Crippen LogP contribution in [0.1, 0.15) is 119 Å². The van der Waals surface area contributed by atoms with Crippen LogP contribution in [0.4, 0.5) is 0 Å². The van der Waals surface area contributed by atoms with Crippen molar-refractivity contribution in [3.8, 4) is 0 Å². The lowest BCUT2D eigenvalue weighted by Crippen LogP contribution is -2.54. The number of rotatable bonds is 6. The molecule has 0 aliphatic heterocycles. The van der Waals surface area contributed by atoms with E-state index >= 15 is 0 Å². The molecule has 30 heavy (non-hydrogen) atoms. The number of aliphatic hydroxyl groups excluding tert-OH is 1. The number of aliphatic hydroxyl groups is 1. The molecular weight excluding hydrogens is 364 g/mol. The van der Waals surface area contributed by atoms with Crippen molar-refractivity contribution >= 4 is 0 Å². The SMILES string of the molecule is CC[C@H](CC[C@@H](C)[C@H]1CC[C@H]2[C@@H]3CC[C@@H]4C[C@@H](O)CC[C@]4(C)[C@H]3CC[C@]12C)C(C)C. The Kier molecular flexibility index (Phi) is 6.72. The highest BCUT2D eigenvalue weighted by molar-refractivity contribution is 5.09. The van der Waals surface area contributed by atoms with Crippen LogP contribution in [0.2, 0.25) is 0 Å². The van der Waals surface area contributed by atoms with Gasteiger partial charge in [0.25, 0.3) is 0 Å². The topological polar surface area (TPSA) is 20.2 Å². The molecule has 1 heteroatoms. The van der Waals surface area contributed by atoms with Crippen LogP contribution in [0.5, 0.6) is 0 Å². The van der Waals surface area contributed by atoms with Crippen LogP contribution in [-0.2, 0) is 0 Å². The van der Waals surface area contributed by atoms with E-state index in [2.05, 4.69) is 41.5 Å². The fourth-order valence-corrected chi connectivity index (χ4v) is 9.90. The van der Waals surface area contributed by atoms with E-state index in [0.29, 0.717) is 10.8 Å². The maximum Gasteiger partial charge on any atom is 0.0543 e. The Labute approximate surface area is 188 Å². The summed E-state index contributed by atoms with van der Waals surface area (Å²) in [6.45, 7) is 15.2. The molecule has 4 aliphatic carbocycles. The van der Waals surface area contributed by atoms with Crippen LogP contribution in [0, 0.1) is 58.2 Å². The van der Waals surface area contributed by atoms with Crippen molar-refractivity contribution in [2.75, 3.05) is 0 Å². The standard InChI is InChI=1S/C29H52O/c1-7-21(19(2)3)9-8-20(4)25-12-13-26-24-11-10-22-18-23(30)14-16-28(22,5)27(24)15-17-29(25,26)6/h19-27,30H,7-18H2,1-6H3/t20-,21-,22-,23+,24+,25-,26+,27+,28+,29-/m1/s1. The van der Waals surface area contributed by atoms with Gasteiger partial charge in [0, 0.05) is 0 Å². The first-order chi connectivity index (χ1) is 14.2. The molecule has 0 aromatic heterocycles. The van der Waals surface area contributed by atoms with Gasteiger partial charge in [0.15, 0.2) is 0 Å². The normalized spacial score (nSPS) is 48.0. The third-order valence-corrected chi connectivity index (χ3v) is 11.9. The zero-order chi connectivity index (χ0) is 21.7. The Morgan fingerprint density at radius 3 is 2.23 bits per heavy atom. The molecule has 0 spiro atoms. The lowest BCUT2D eigenvalue weighted by atomic mass is 9.44. The van der Waals surface area contributed by atoms with Crippen LogP contribution in [0.15, 0.2) is 0 Å². The molecule has 0 saturated heterocycles. The molecule has 1 N–H and O–H groups in total. The van der Waals surface area contributed by atoms with Crippen LogP contribution in [0.3, 0.4) is 0 Å². The van der Waals surface area contributed by atoms with Gasteiger partial charge in [-0.1, -0.05) is 54.4 Å². The first-order valence-corrected chi connectivity index (χ1v) is 13.9. The molecule has 174 valence electrons. The first kappa shape index (κ1) is 23.1. The first-order valence-electron chi connectivity index (χ1n) is 13.9. The van der Waals surface area contributed by atoms with Gasteiger partial charge in [-0.3, -0.25) is 0 Å². The van der Waals surface area contributed by atoms with E-state index in [1.165, 1.54) is 64.2 Å². The number of hydrogen-bond donors (Lipinski definition) is 1. The minimum atomic E-state index is -0.0111. The molecule has 4 rings (SSSR count). The summed E-state index contributed by atoms with van der Waals surface area (Å²) in [4.78, 5) is 0. The van der Waals surface area contributed by atoms with Crippen LogP contribution < -0.4 is 0 Å². The third kappa shape index (κ3) is 3.82. The van der Waals surface area contributed by atoms with Gasteiger partial charge in [-0.2, -0.15) is 0 Å². The van der Waals surface area contributed by atoms with Gasteiger partial charge in [0.1, 0.15) is 0 Å². The summed E-state index contributed by atoms with van der Waals surface area (Å²) in [6, 6.07) is 0. The highest BCUT2D eigenvalue weighted by atomic mass is 16.3. The summed E-state index contributed by atoms with van der Waals surface area (Å²) >= 11 is 0. The third-order valence-electron chi connectivity index (χ3n) is 11.9. The van der Waals surface area contributed by atoms with Crippen LogP contribution >= 0.6 is 0 Å². The smallest absolute Gasteiger partial charge is 0.0543 e. The fraction of sp³-hybridized carbons (Fsp3) is 1.00. The van der Waals surface area contributed by atoms with Crippen molar-refractivity contribution in [2.24, 2.45) is 58.2 Å². The molecule has 0 unspecified atom stereocenters. The van der Waals surface area contributed by atoms with E-state index in [1.807, 2.05) is 0 Å². The summed E-state index contributed by atoms with van der Waals surface area (Å²) in [5.74, 6) is 7.34. The van der Waals surface area contributed by atoms with Gasteiger partial charge in [-0.15, -0.1) is 0 Å². The van der Waals surface area contributed by atoms with Gasteiger partial charge in [0.05, 0.1) is 6.10 Å². The van der Waals surface area contributed by atoms with E-state index < -0.39 is 0 Å². The van der Waals surface area contributed by atoms with Crippen molar-refractivity contribution in [3.63, 3.8) is 0 Å². The van der Waals surface area contributed by atoms with Gasteiger partial charge in [-0.25, -0.2) is 0 Å². The van der Waals surface area contributed by atoms with Crippen molar-refractivity contribution in [1.82, 2.24) is 0 Å². The minimum Gasteiger partial charge on any atom is -0.393 e. The molecule has 10 atom stereocenters. The van der Waals surface area contributed by atoms with E-state index in [-0.39, 0.29) is 6.10 Å². The zero-order valence-corrected chi connectivity index (χ0v) is 21.1. The molecule has 4 fully saturated rings. The monoisotopic (exact) mass is 416 g/mol. The average molecular weight is 417 g/mol. The van der Waals surface area contributed by atoms with E-state index in [9.17, 15) is 5.11 Å². The highest BCUT2D eigenvalue weighted by Crippen LogP contribution is 2.68. The second-order valence-electron chi connectivity index (χ2n) is 13.3. The maximum atomic E-state index is 10.3. The van der Waals surface area contributed by atoms with Crippen molar-refractivity contribution < 1.29 is 5.11 Å². The summed E-state index contributed by atoms with van der Waals surface area (Å²) in [5.41, 5.74) is 1.14. The molecular formula is C29H52O. The number of hydrogen-bond acceptors (Lipinski definition) is 1. The molecule has 0 aromatic rings. The van der Waals surface area contributed by atoms with Gasteiger partial charge < -0.3 is 5.11 Å². The highest BCUT2D eigenvalue weighted by Gasteiger charge is 2.60. The quantitative estimate of drug-likeness (QED) is 0.463. The molecule has 0 amide bonds. The summed E-state index contributed by atoms with van der Waals surface area (Å²) in [7, 11) is 0. The molecule has 4 saturated carbocycles. The Morgan fingerprint density at radius 2 is 1.53 bits per heavy atom.